The molecule has 2 aromatic carbocycles. The van der Waals surface area contributed by atoms with E-state index >= 15 is 0 Å². The lowest BCUT2D eigenvalue weighted by molar-refractivity contribution is -0.140. The second-order valence-electron chi connectivity index (χ2n) is 9.62. The van der Waals surface area contributed by atoms with Gasteiger partial charge in [0, 0.05) is 29.3 Å². The number of carbonyl (C=O) groups is 2. The SMILES string of the molecule is COc1ccc([C@@H]2C(C(=O)OCCOc3ccccc3)=C(C)NC3=C2C(=O)CC(C)(C)C3)cc1Br. The van der Waals surface area contributed by atoms with Crippen LogP contribution in [0.15, 0.2) is 75.5 Å². The largest absolute Gasteiger partial charge is 0.496 e. The van der Waals surface area contributed by atoms with Crippen molar-refractivity contribution in [1.82, 2.24) is 5.32 Å². The highest BCUT2D eigenvalue weighted by molar-refractivity contribution is 9.10. The summed E-state index contributed by atoms with van der Waals surface area (Å²) >= 11 is 3.55. The fourth-order valence-corrected chi connectivity index (χ4v) is 5.35. The van der Waals surface area contributed by atoms with Crippen LogP contribution in [0, 0.1) is 5.41 Å². The number of hydrogen-bond acceptors (Lipinski definition) is 6. The number of Topliss-reactive ketones (excluding diaryl/α,β-unsaturated/α-hetero) is 1. The average molecular weight is 540 g/mol. The first-order valence-electron chi connectivity index (χ1n) is 11.6. The van der Waals surface area contributed by atoms with Gasteiger partial charge in [-0.25, -0.2) is 4.79 Å². The van der Waals surface area contributed by atoms with Crippen LogP contribution in [0.2, 0.25) is 0 Å². The van der Waals surface area contributed by atoms with Gasteiger partial charge >= 0.3 is 5.97 Å². The van der Waals surface area contributed by atoms with Gasteiger partial charge < -0.3 is 19.5 Å². The lowest BCUT2D eigenvalue weighted by Gasteiger charge is -2.39. The standard InChI is InChI=1S/C28H30BrNO5/c1-17-24(27(32)35-13-12-34-19-8-6-5-7-9-19)25(18-10-11-23(33-4)20(29)14-18)26-21(30-17)15-28(2,3)16-22(26)31/h5-11,14,25,30H,12-13,15-16H2,1-4H3/t25-/m1/s1. The highest BCUT2D eigenvalue weighted by Gasteiger charge is 2.43. The summed E-state index contributed by atoms with van der Waals surface area (Å²) in [4.78, 5) is 26.8. The van der Waals surface area contributed by atoms with Crippen molar-refractivity contribution in [3.05, 3.63) is 81.1 Å². The Morgan fingerprint density at radius 2 is 1.86 bits per heavy atom. The highest BCUT2D eigenvalue weighted by Crippen LogP contribution is 2.47. The molecule has 0 aromatic heterocycles. The number of allylic oxidation sites excluding steroid dienone is 3. The van der Waals surface area contributed by atoms with E-state index in [0.29, 0.717) is 34.8 Å². The zero-order valence-electron chi connectivity index (χ0n) is 20.4. The minimum absolute atomic E-state index is 0.0471. The summed E-state index contributed by atoms with van der Waals surface area (Å²) in [5.74, 6) is 0.443. The molecule has 0 fully saturated rings. The smallest absolute Gasteiger partial charge is 0.336 e. The third kappa shape index (κ3) is 5.45. The molecular weight excluding hydrogens is 510 g/mol. The molecule has 1 aliphatic heterocycles. The molecule has 0 saturated heterocycles. The van der Waals surface area contributed by atoms with Crippen LogP contribution in [-0.2, 0) is 14.3 Å². The first-order chi connectivity index (χ1) is 16.7. The van der Waals surface area contributed by atoms with Gasteiger partial charge in [-0.2, -0.15) is 0 Å². The summed E-state index contributed by atoms with van der Waals surface area (Å²) in [6, 6.07) is 15.0. The Kier molecular flexibility index (Phi) is 7.36. The molecule has 0 amide bonds. The van der Waals surface area contributed by atoms with Crippen LogP contribution in [0.3, 0.4) is 0 Å². The Morgan fingerprint density at radius 3 is 2.54 bits per heavy atom. The van der Waals surface area contributed by atoms with E-state index in [1.54, 1.807) is 7.11 Å². The van der Waals surface area contributed by atoms with Gasteiger partial charge in [0.2, 0.25) is 0 Å². The molecule has 4 rings (SSSR count). The van der Waals surface area contributed by atoms with E-state index in [2.05, 4.69) is 35.1 Å². The number of esters is 1. The van der Waals surface area contributed by atoms with Gasteiger partial charge in [0.25, 0.3) is 0 Å². The molecule has 1 aliphatic carbocycles. The second kappa shape index (κ2) is 10.3. The summed E-state index contributed by atoms with van der Waals surface area (Å²) in [5, 5.41) is 3.36. The lowest BCUT2D eigenvalue weighted by Crippen LogP contribution is -2.38. The number of para-hydroxylation sites is 1. The van der Waals surface area contributed by atoms with E-state index in [1.807, 2.05) is 55.5 Å². The fourth-order valence-electron chi connectivity index (χ4n) is 4.79. The zero-order chi connectivity index (χ0) is 25.2. The average Bonchev–Trinajstić information content (AvgIpc) is 2.80. The molecule has 2 aliphatic rings. The third-order valence-electron chi connectivity index (χ3n) is 6.30. The van der Waals surface area contributed by atoms with Gasteiger partial charge in [0.1, 0.15) is 24.7 Å². The van der Waals surface area contributed by atoms with Crippen molar-refractivity contribution in [2.24, 2.45) is 5.41 Å². The highest BCUT2D eigenvalue weighted by atomic mass is 79.9. The third-order valence-corrected chi connectivity index (χ3v) is 6.92. The van der Waals surface area contributed by atoms with Gasteiger partial charge in [0.05, 0.1) is 17.2 Å². The lowest BCUT2D eigenvalue weighted by atomic mass is 9.68. The molecule has 7 heteroatoms. The van der Waals surface area contributed by atoms with E-state index in [-0.39, 0.29) is 24.4 Å². The van der Waals surface area contributed by atoms with Gasteiger partial charge in [-0.05, 0) is 64.5 Å². The molecule has 0 saturated carbocycles. The van der Waals surface area contributed by atoms with Crippen LogP contribution in [0.5, 0.6) is 11.5 Å². The molecule has 2 aromatic rings. The van der Waals surface area contributed by atoms with Crippen molar-refractivity contribution in [3.8, 4) is 11.5 Å². The van der Waals surface area contributed by atoms with Crippen molar-refractivity contribution in [2.45, 2.75) is 39.5 Å². The monoisotopic (exact) mass is 539 g/mol. The van der Waals surface area contributed by atoms with Crippen LogP contribution in [-0.4, -0.2) is 32.1 Å². The Bertz CT molecular complexity index is 1200. The van der Waals surface area contributed by atoms with Crippen molar-refractivity contribution < 1.29 is 23.8 Å². The molecule has 0 spiro atoms. The minimum Gasteiger partial charge on any atom is -0.496 e. The number of methoxy groups -OCH3 is 1. The molecule has 1 N–H and O–H groups in total. The van der Waals surface area contributed by atoms with Crippen LogP contribution >= 0.6 is 15.9 Å². The van der Waals surface area contributed by atoms with Crippen molar-refractivity contribution in [3.63, 3.8) is 0 Å². The number of hydrogen-bond donors (Lipinski definition) is 1. The normalized spacial score (nSPS) is 19.1. The van der Waals surface area contributed by atoms with E-state index < -0.39 is 11.9 Å². The number of dihydropyridines is 1. The van der Waals surface area contributed by atoms with E-state index in [9.17, 15) is 9.59 Å². The van der Waals surface area contributed by atoms with Crippen LogP contribution in [0.4, 0.5) is 0 Å². The molecule has 1 atom stereocenters. The minimum atomic E-state index is -0.528. The van der Waals surface area contributed by atoms with Crippen LogP contribution in [0.1, 0.15) is 45.1 Å². The molecule has 1 heterocycles. The predicted octanol–water partition coefficient (Wildman–Crippen LogP) is 5.68. The zero-order valence-corrected chi connectivity index (χ0v) is 22.0. The number of nitrogens with one attached hydrogen (secondary N) is 1. The maximum atomic E-state index is 13.4. The predicted molar refractivity (Wildman–Crippen MR) is 137 cm³/mol. The first-order valence-corrected chi connectivity index (χ1v) is 12.4. The Morgan fingerprint density at radius 1 is 1.11 bits per heavy atom. The first kappa shape index (κ1) is 25.0. The number of halogens is 1. The van der Waals surface area contributed by atoms with Gasteiger partial charge in [-0.15, -0.1) is 0 Å². The summed E-state index contributed by atoms with van der Waals surface area (Å²) in [7, 11) is 1.60. The Hall–Kier alpha value is -3.06. The molecule has 0 radical (unpaired) electrons. The molecule has 0 unspecified atom stereocenters. The Balaban J connectivity index is 1.63. The number of ether oxygens (including phenoxy) is 3. The second-order valence-corrected chi connectivity index (χ2v) is 10.5. The van der Waals surface area contributed by atoms with Crippen LogP contribution in [0.25, 0.3) is 0 Å². The van der Waals surface area contributed by atoms with Gasteiger partial charge in [0.15, 0.2) is 5.78 Å². The molecule has 6 nitrogen and oxygen atoms in total. The van der Waals surface area contributed by atoms with Crippen molar-refractivity contribution in [2.75, 3.05) is 20.3 Å². The number of benzene rings is 2. The molecular formula is C28H30BrNO5. The summed E-state index contributed by atoms with van der Waals surface area (Å²) in [6.07, 6.45) is 1.15. The number of carbonyl (C=O) groups excluding carboxylic acids is 2. The van der Waals surface area contributed by atoms with Crippen LogP contribution < -0.4 is 14.8 Å². The van der Waals surface area contributed by atoms with E-state index in [1.165, 1.54) is 0 Å². The topological polar surface area (TPSA) is 73.9 Å². The Labute approximate surface area is 214 Å². The van der Waals surface area contributed by atoms with E-state index in [4.69, 9.17) is 14.2 Å². The summed E-state index contributed by atoms with van der Waals surface area (Å²) in [6.45, 7) is 6.36. The van der Waals surface area contributed by atoms with Gasteiger partial charge in [-0.3, -0.25) is 4.79 Å². The molecule has 184 valence electrons. The van der Waals surface area contributed by atoms with E-state index in [0.717, 1.165) is 22.2 Å². The van der Waals surface area contributed by atoms with Crippen molar-refractivity contribution >= 4 is 27.7 Å². The van der Waals surface area contributed by atoms with Crippen molar-refractivity contribution in [1.29, 1.82) is 0 Å². The molecule has 35 heavy (non-hydrogen) atoms. The summed E-state index contributed by atoms with van der Waals surface area (Å²) in [5.41, 5.74) is 3.32. The number of rotatable bonds is 7. The van der Waals surface area contributed by atoms with Gasteiger partial charge in [-0.1, -0.05) is 38.1 Å². The fraction of sp³-hybridized carbons (Fsp3) is 0.357. The summed E-state index contributed by atoms with van der Waals surface area (Å²) < 4.78 is 17.4. The number of ketones is 1. The molecule has 0 bridgehead atoms. The quantitative estimate of drug-likeness (QED) is 0.360. The maximum absolute atomic E-state index is 13.4. The maximum Gasteiger partial charge on any atom is 0.336 e.